The lowest BCUT2D eigenvalue weighted by Crippen LogP contribution is -2.30. The Kier molecular flexibility index (Phi) is 5.11. The van der Waals surface area contributed by atoms with Crippen LogP contribution in [0.3, 0.4) is 0 Å². The summed E-state index contributed by atoms with van der Waals surface area (Å²) in [4.78, 5) is 12.3. The Bertz CT molecular complexity index is 593. The van der Waals surface area contributed by atoms with Gasteiger partial charge < -0.3 is 14.6 Å². The van der Waals surface area contributed by atoms with Crippen LogP contribution in [-0.4, -0.2) is 24.7 Å². The minimum Gasteiger partial charge on any atom is -0.375 e. The number of aryl methyl sites for hydroxylation is 2. The normalized spacial score (nSPS) is 12.1. The summed E-state index contributed by atoms with van der Waals surface area (Å²) in [5.41, 5.74) is 2.23. The maximum Gasteiger partial charge on any atom is 0.256 e. The van der Waals surface area contributed by atoms with Crippen molar-refractivity contribution in [2.24, 2.45) is 0 Å². The third kappa shape index (κ3) is 3.49. The van der Waals surface area contributed by atoms with E-state index < -0.39 is 0 Å². The molecule has 112 valence electrons. The van der Waals surface area contributed by atoms with Crippen LogP contribution in [0.15, 0.2) is 34.9 Å². The quantitative estimate of drug-likeness (QED) is 0.887. The van der Waals surface area contributed by atoms with Crippen LogP contribution >= 0.6 is 0 Å². The summed E-state index contributed by atoms with van der Waals surface area (Å²) >= 11 is 0. The first kappa shape index (κ1) is 15.3. The van der Waals surface area contributed by atoms with Gasteiger partial charge in [-0.25, -0.2) is 0 Å². The van der Waals surface area contributed by atoms with Crippen molar-refractivity contribution in [2.75, 3.05) is 13.7 Å². The van der Waals surface area contributed by atoms with Crippen molar-refractivity contribution in [3.63, 3.8) is 0 Å². The van der Waals surface area contributed by atoms with Gasteiger partial charge in [-0.3, -0.25) is 4.79 Å². The number of amides is 1. The molecule has 1 N–H and O–H groups in total. The highest BCUT2D eigenvalue weighted by atomic mass is 16.5. The molecule has 0 spiro atoms. The largest absolute Gasteiger partial charge is 0.375 e. The van der Waals surface area contributed by atoms with Gasteiger partial charge in [0.05, 0.1) is 11.8 Å². The van der Waals surface area contributed by atoms with E-state index in [1.165, 1.54) is 0 Å². The molecule has 0 radical (unpaired) electrons. The fraction of sp³-hybridized carbons (Fsp3) is 0.375. The molecule has 1 amide bonds. The van der Waals surface area contributed by atoms with Crippen molar-refractivity contribution in [2.45, 2.75) is 26.4 Å². The van der Waals surface area contributed by atoms with Crippen molar-refractivity contribution in [1.82, 2.24) is 10.5 Å². The molecule has 0 saturated carbocycles. The van der Waals surface area contributed by atoms with Gasteiger partial charge in [-0.2, -0.15) is 0 Å². The topological polar surface area (TPSA) is 64.4 Å². The summed E-state index contributed by atoms with van der Waals surface area (Å²) in [5.74, 6) is 0.363. The van der Waals surface area contributed by atoms with Crippen molar-refractivity contribution < 1.29 is 14.1 Å². The van der Waals surface area contributed by atoms with Crippen LogP contribution in [0.4, 0.5) is 0 Å². The monoisotopic (exact) mass is 288 g/mol. The first-order chi connectivity index (χ1) is 10.2. The molecule has 1 aromatic carbocycles. The van der Waals surface area contributed by atoms with E-state index in [-0.39, 0.29) is 12.0 Å². The Labute approximate surface area is 124 Å². The molecule has 0 aliphatic rings. The molecule has 1 atom stereocenters. The first-order valence-corrected chi connectivity index (χ1v) is 6.98. The van der Waals surface area contributed by atoms with Crippen molar-refractivity contribution >= 4 is 5.91 Å². The third-order valence-corrected chi connectivity index (χ3v) is 3.40. The van der Waals surface area contributed by atoms with E-state index in [0.29, 0.717) is 30.0 Å². The predicted octanol–water partition coefficient (Wildman–Crippen LogP) is 2.66. The van der Waals surface area contributed by atoms with Gasteiger partial charge in [-0.05, 0) is 18.9 Å². The first-order valence-electron chi connectivity index (χ1n) is 6.98. The Balaban J connectivity index is 2.04. The van der Waals surface area contributed by atoms with E-state index in [4.69, 9.17) is 9.26 Å². The van der Waals surface area contributed by atoms with E-state index in [0.717, 1.165) is 5.56 Å². The van der Waals surface area contributed by atoms with Crippen LogP contribution < -0.4 is 5.32 Å². The third-order valence-electron chi connectivity index (χ3n) is 3.40. The Morgan fingerprint density at radius 3 is 2.71 bits per heavy atom. The van der Waals surface area contributed by atoms with Crippen LogP contribution in [0, 0.1) is 6.92 Å². The van der Waals surface area contributed by atoms with Gasteiger partial charge in [-0.1, -0.05) is 42.4 Å². The molecule has 5 nitrogen and oxygen atoms in total. The van der Waals surface area contributed by atoms with Crippen LogP contribution in [-0.2, 0) is 11.2 Å². The van der Waals surface area contributed by atoms with E-state index in [1.807, 2.05) is 37.3 Å². The smallest absolute Gasteiger partial charge is 0.256 e. The van der Waals surface area contributed by atoms with Crippen molar-refractivity contribution in [1.29, 1.82) is 0 Å². The number of nitrogens with zero attached hydrogens (tertiary/aromatic N) is 1. The average Bonchev–Trinajstić information content (AvgIpc) is 2.89. The summed E-state index contributed by atoms with van der Waals surface area (Å²) in [5, 5.41) is 6.78. The van der Waals surface area contributed by atoms with Crippen LogP contribution in [0.1, 0.15) is 40.4 Å². The van der Waals surface area contributed by atoms with Gasteiger partial charge >= 0.3 is 0 Å². The highest BCUT2D eigenvalue weighted by Gasteiger charge is 2.20. The summed E-state index contributed by atoms with van der Waals surface area (Å²) in [6.07, 6.45) is 0.479. The lowest BCUT2D eigenvalue weighted by atomic mass is 10.1. The molecular formula is C16H20N2O3. The molecule has 0 fully saturated rings. The minimum absolute atomic E-state index is 0.177. The lowest BCUT2D eigenvalue weighted by molar-refractivity contribution is 0.0826. The van der Waals surface area contributed by atoms with Gasteiger partial charge in [0.2, 0.25) is 0 Å². The number of aromatic nitrogens is 1. The maximum atomic E-state index is 12.3. The number of carbonyl (C=O) groups is 1. The lowest BCUT2D eigenvalue weighted by Gasteiger charge is -2.16. The number of hydrogen-bond donors (Lipinski definition) is 1. The number of methoxy groups -OCH3 is 1. The van der Waals surface area contributed by atoms with Gasteiger partial charge in [0, 0.05) is 13.7 Å². The number of nitrogens with one attached hydrogen (secondary N) is 1. The van der Waals surface area contributed by atoms with Gasteiger partial charge in [-0.15, -0.1) is 0 Å². The van der Waals surface area contributed by atoms with Gasteiger partial charge in [0.1, 0.15) is 11.3 Å². The number of hydrogen-bond acceptors (Lipinski definition) is 4. The zero-order valence-corrected chi connectivity index (χ0v) is 12.6. The molecule has 0 saturated heterocycles. The Morgan fingerprint density at radius 1 is 1.38 bits per heavy atom. The number of rotatable bonds is 6. The average molecular weight is 288 g/mol. The molecule has 1 heterocycles. The second-order valence-electron chi connectivity index (χ2n) is 4.76. The molecule has 2 rings (SSSR count). The molecule has 1 unspecified atom stereocenters. The highest BCUT2D eigenvalue weighted by Crippen LogP contribution is 2.17. The van der Waals surface area contributed by atoms with Crippen LogP contribution in [0.25, 0.3) is 0 Å². The van der Waals surface area contributed by atoms with Crippen molar-refractivity contribution in [3.05, 3.63) is 52.9 Å². The van der Waals surface area contributed by atoms with E-state index in [1.54, 1.807) is 14.0 Å². The summed E-state index contributed by atoms with van der Waals surface area (Å²) in [6, 6.07) is 9.79. The van der Waals surface area contributed by atoms with Gasteiger partial charge in [0.15, 0.2) is 0 Å². The maximum absolute atomic E-state index is 12.3. The molecule has 0 aliphatic heterocycles. The van der Waals surface area contributed by atoms with E-state index >= 15 is 0 Å². The number of ether oxygens (including phenoxy) is 1. The second kappa shape index (κ2) is 7.04. The Hall–Kier alpha value is -2.14. The zero-order valence-electron chi connectivity index (χ0n) is 12.6. The van der Waals surface area contributed by atoms with Crippen LogP contribution in [0.5, 0.6) is 0 Å². The number of carbonyl (C=O) groups excluding carboxylic acids is 1. The summed E-state index contributed by atoms with van der Waals surface area (Å²) < 4.78 is 10.5. The molecule has 0 bridgehead atoms. The predicted molar refractivity (Wildman–Crippen MR) is 79.1 cm³/mol. The fourth-order valence-corrected chi connectivity index (χ4v) is 2.23. The SMILES string of the molecule is CCc1noc(C)c1C(=O)NCC(OC)c1ccccc1. The summed E-state index contributed by atoms with van der Waals surface area (Å²) in [7, 11) is 1.63. The van der Waals surface area contributed by atoms with E-state index in [9.17, 15) is 4.79 Å². The number of benzene rings is 1. The van der Waals surface area contributed by atoms with Crippen molar-refractivity contribution in [3.8, 4) is 0 Å². The fourth-order valence-electron chi connectivity index (χ4n) is 2.23. The Morgan fingerprint density at radius 2 is 2.10 bits per heavy atom. The summed E-state index contributed by atoms with van der Waals surface area (Å²) in [6.45, 7) is 4.08. The van der Waals surface area contributed by atoms with Crippen LogP contribution in [0.2, 0.25) is 0 Å². The molecule has 1 aromatic heterocycles. The van der Waals surface area contributed by atoms with Gasteiger partial charge in [0.25, 0.3) is 5.91 Å². The molecular weight excluding hydrogens is 268 g/mol. The standard InChI is InChI=1S/C16H20N2O3/c1-4-13-15(11(2)21-18-13)16(19)17-10-14(20-3)12-8-6-5-7-9-12/h5-9,14H,4,10H2,1-3H3,(H,17,19). The zero-order chi connectivity index (χ0) is 15.2. The van der Waals surface area contributed by atoms with E-state index in [2.05, 4.69) is 10.5 Å². The highest BCUT2D eigenvalue weighted by molar-refractivity contribution is 5.96. The second-order valence-corrected chi connectivity index (χ2v) is 4.76. The molecule has 0 aliphatic carbocycles. The molecule has 21 heavy (non-hydrogen) atoms. The molecule has 5 heteroatoms. The minimum atomic E-state index is -0.180. The molecule has 2 aromatic rings.